The zero-order chi connectivity index (χ0) is 22.9. The monoisotopic (exact) mass is 453 g/mol. The lowest BCUT2D eigenvalue weighted by Gasteiger charge is -2.40. The van der Waals surface area contributed by atoms with Crippen LogP contribution in [0.25, 0.3) is 5.76 Å². The highest BCUT2D eigenvalue weighted by Crippen LogP contribution is 2.56. The fraction of sp³-hybridized carbons (Fsp3) is 0.360. The van der Waals surface area contributed by atoms with E-state index >= 15 is 0 Å². The van der Waals surface area contributed by atoms with Gasteiger partial charge >= 0.3 is 0 Å². The third-order valence-electron chi connectivity index (χ3n) is 6.34. The van der Waals surface area contributed by atoms with Gasteiger partial charge in [-0.25, -0.2) is 0 Å². The molecule has 0 fully saturated rings. The summed E-state index contributed by atoms with van der Waals surface area (Å²) in [7, 11) is -3.54. The SMILES string of the molecule is CCCCC1(CCCC)C(=O)C(C2=NS(O)(O)c3c[c]ccc3N2)=C(O)c2ccccc21. The zero-order valence-corrected chi connectivity index (χ0v) is 19.2. The Morgan fingerprint density at radius 1 is 1.09 bits per heavy atom. The third kappa shape index (κ3) is 3.64. The first-order chi connectivity index (χ1) is 15.4. The molecule has 1 aliphatic carbocycles. The summed E-state index contributed by atoms with van der Waals surface area (Å²) >= 11 is 0. The van der Waals surface area contributed by atoms with Crippen LogP contribution in [0, 0.1) is 6.07 Å². The van der Waals surface area contributed by atoms with Crippen LogP contribution in [0.4, 0.5) is 5.69 Å². The number of Topliss-reactive ketones (excluding diaryl/α,β-unsaturated/α-hetero) is 1. The van der Waals surface area contributed by atoms with Gasteiger partial charge in [0.15, 0.2) is 11.6 Å². The Labute approximate surface area is 190 Å². The lowest BCUT2D eigenvalue weighted by molar-refractivity contribution is -0.121. The summed E-state index contributed by atoms with van der Waals surface area (Å²) in [4.78, 5) is 14.4. The van der Waals surface area contributed by atoms with E-state index in [1.807, 2.05) is 24.3 Å². The number of fused-ring (bicyclic) bond motifs is 2. The Morgan fingerprint density at radius 2 is 1.78 bits per heavy atom. The minimum absolute atomic E-state index is 0.00178. The van der Waals surface area contributed by atoms with E-state index in [1.165, 1.54) is 6.07 Å². The summed E-state index contributed by atoms with van der Waals surface area (Å²) in [6, 6.07) is 15.1. The number of rotatable bonds is 7. The number of unbranched alkanes of at least 4 members (excludes halogenated alkanes) is 2. The van der Waals surface area contributed by atoms with E-state index in [-0.39, 0.29) is 27.8 Å². The molecule has 7 heteroatoms. The normalized spacial score (nSPS) is 19.5. The number of hydrogen-bond acceptors (Lipinski definition) is 6. The Bertz CT molecular complexity index is 1100. The van der Waals surface area contributed by atoms with Crippen LogP contribution in [0.2, 0.25) is 0 Å². The Kier molecular flexibility index (Phi) is 6.16. The van der Waals surface area contributed by atoms with Gasteiger partial charge in [0.2, 0.25) is 0 Å². The molecule has 2 aliphatic rings. The predicted molar refractivity (Wildman–Crippen MR) is 129 cm³/mol. The fourth-order valence-corrected chi connectivity index (χ4v) is 5.82. The molecule has 1 aliphatic heterocycles. The van der Waals surface area contributed by atoms with E-state index in [0.717, 1.165) is 31.2 Å². The van der Waals surface area contributed by atoms with E-state index in [1.54, 1.807) is 12.1 Å². The van der Waals surface area contributed by atoms with Gasteiger partial charge in [0, 0.05) is 5.56 Å². The number of benzene rings is 2. The van der Waals surface area contributed by atoms with Gasteiger partial charge in [-0.1, -0.05) is 80.6 Å². The molecule has 2 aromatic carbocycles. The average molecular weight is 454 g/mol. The van der Waals surface area contributed by atoms with Crippen molar-refractivity contribution in [1.82, 2.24) is 0 Å². The standard InChI is InChI=1S/C25H29N2O4S/c1-3-5-15-25(16-6-4-2)18-12-8-7-11-17(18)22(28)21(23(25)29)24-26-19-13-9-10-14-20(19)32(30,31)27-24/h7-9,11-14,28,30-31H,3-6,15-16H2,1-2H3,(H,26,27). The molecule has 0 saturated heterocycles. The number of amidine groups is 1. The Hall–Kier alpha value is -2.61. The van der Waals surface area contributed by atoms with Crippen molar-refractivity contribution >= 4 is 33.8 Å². The molecule has 0 atom stereocenters. The van der Waals surface area contributed by atoms with E-state index in [4.69, 9.17) is 0 Å². The van der Waals surface area contributed by atoms with Crippen molar-refractivity contribution in [3.05, 3.63) is 65.2 Å². The summed E-state index contributed by atoms with van der Waals surface area (Å²) in [6.07, 6.45) is 4.93. The summed E-state index contributed by atoms with van der Waals surface area (Å²) in [5.41, 5.74) is 1.11. The van der Waals surface area contributed by atoms with Crippen LogP contribution in [0.15, 0.2) is 57.3 Å². The minimum atomic E-state index is -3.54. The van der Waals surface area contributed by atoms with Crippen molar-refractivity contribution in [3.63, 3.8) is 0 Å². The van der Waals surface area contributed by atoms with Gasteiger partial charge < -0.3 is 10.4 Å². The molecule has 0 saturated carbocycles. The minimum Gasteiger partial charge on any atom is -0.506 e. The maximum Gasteiger partial charge on any atom is 0.180 e. The number of carbonyl (C=O) groups excluding carboxylic acids is 1. The molecule has 169 valence electrons. The van der Waals surface area contributed by atoms with Gasteiger partial charge in [-0.2, -0.15) is 0 Å². The van der Waals surface area contributed by atoms with Crippen LogP contribution in [-0.4, -0.2) is 25.8 Å². The van der Waals surface area contributed by atoms with Gasteiger partial charge in [0.05, 0.1) is 11.1 Å². The van der Waals surface area contributed by atoms with Crippen LogP contribution in [0.5, 0.6) is 0 Å². The van der Waals surface area contributed by atoms with Crippen LogP contribution in [-0.2, 0) is 10.2 Å². The second-order valence-corrected chi connectivity index (χ2v) is 10.1. The molecule has 0 bridgehead atoms. The molecule has 6 nitrogen and oxygen atoms in total. The molecular formula is C25H29N2O4S. The van der Waals surface area contributed by atoms with Gasteiger partial charge in [0.25, 0.3) is 0 Å². The van der Waals surface area contributed by atoms with Gasteiger partial charge in [-0.05, 0) is 36.6 Å². The second-order valence-electron chi connectivity index (χ2n) is 8.39. The first kappa shape index (κ1) is 22.6. The van der Waals surface area contributed by atoms with Crippen LogP contribution < -0.4 is 5.32 Å². The van der Waals surface area contributed by atoms with E-state index in [0.29, 0.717) is 24.1 Å². The summed E-state index contributed by atoms with van der Waals surface area (Å²) in [5.74, 6) is -0.400. The highest BCUT2D eigenvalue weighted by atomic mass is 32.3. The van der Waals surface area contributed by atoms with E-state index in [9.17, 15) is 19.0 Å². The molecule has 2 aromatic rings. The quantitative estimate of drug-likeness (QED) is 0.383. The number of nitrogens with zero attached hydrogens (tertiary/aromatic N) is 1. The van der Waals surface area contributed by atoms with Crippen molar-refractivity contribution in [2.75, 3.05) is 5.32 Å². The lowest BCUT2D eigenvalue weighted by atomic mass is 9.63. The smallest absolute Gasteiger partial charge is 0.180 e. The molecule has 0 unspecified atom stereocenters. The van der Waals surface area contributed by atoms with E-state index in [2.05, 4.69) is 29.6 Å². The van der Waals surface area contributed by atoms with Crippen LogP contribution in [0.1, 0.15) is 63.5 Å². The number of aliphatic hydroxyl groups is 1. The Balaban J connectivity index is 1.91. The summed E-state index contributed by atoms with van der Waals surface area (Å²) in [6.45, 7) is 4.19. The highest BCUT2D eigenvalue weighted by Gasteiger charge is 2.48. The van der Waals surface area contributed by atoms with Gasteiger partial charge in [-0.3, -0.25) is 13.9 Å². The molecular weight excluding hydrogens is 424 g/mol. The van der Waals surface area contributed by atoms with Crippen molar-refractivity contribution in [3.8, 4) is 0 Å². The average Bonchev–Trinajstić information content (AvgIpc) is 2.78. The number of ketones is 1. The molecule has 0 amide bonds. The maximum atomic E-state index is 14.2. The predicted octanol–water partition coefficient (Wildman–Crippen LogP) is 6.51. The van der Waals surface area contributed by atoms with Crippen molar-refractivity contribution < 1.29 is 19.0 Å². The highest BCUT2D eigenvalue weighted by molar-refractivity contribution is 8.23. The van der Waals surface area contributed by atoms with Crippen molar-refractivity contribution in [1.29, 1.82) is 0 Å². The van der Waals surface area contributed by atoms with Gasteiger partial charge in [-0.15, -0.1) is 4.40 Å². The molecule has 4 N–H and O–H groups in total. The number of hydrogen-bond donors (Lipinski definition) is 4. The molecule has 1 radical (unpaired) electrons. The number of anilines is 1. The van der Waals surface area contributed by atoms with Crippen molar-refractivity contribution in [2.24, 2.45) is 4.40 Å². The van der Waals surface area contributed by atoms with Crippen molar-refractivity contribution in [2.45, 2.75) is 62.7 Å². The Morgan fingerprint density at radius 3 is 2.47 bits per heavy atom. The fourth-order valence-electron chi connectivity index (χ4n) is 4.69. The van der Waals surface area contributed by atoms with Crippen LogP contribution in [0.3, 0.4) is 0 Å². The molecule has 4 rings (SSSR count). The second kappa shape index (κ2) is 8.73. The number of aliphatic hydroxyl groups excluding tert-OH is 1. The first-order valence-electron chi connectivity index (χ1n) is 11.1. The largest absolute Gasteiger partial charge is 0.506 e. The molecule has 0 spiro atoms. The number of nitrogens with one attached hydrogen (secondary N) is 1. The first-order valence-corrected chi connectivity index (χ1v) is 12.6. The van der Waals surface area contributed by atoms with Crippen LogP contribution >= 0.6 is 10.8 Å². The number of carbonyl (C=O) groups is 1. The van der Waals surface area contributed by atoms with Gasteiger partial charge in [0.1, 0.15) is 16.2 Å². The molecule has 0 aromatic heterocycles. The topological polar surface area (TPSA) is 102 Å². The zero-order valence-electron chi connectivity index (χ0n) is 18.4. The maximum absolute atomic E-state index is 14.2. The third-order valence-corrected chi connectivity index (χ3v) is 7.71. The summed E-state index contributed by atoms with van der Waals surface area (Å²) < 4.78 is 25.5. The summed E-state index contributed by atoms with van der Waals surface area (Å²) in [5, 5.41) is 14.3. The lowest BCUT2D eigenvalue weighted by Crippen LogP contribution is -2.44. The molecule has 1 heterocycles. The van der Waals surface area contributed by atoms with E-state index < -0.39 is 16.2 Å². The molecule has 32 heavy (non-hydrogen) atoms.